The van der Waals surface area contributed by atoms with Crippen molar-refractivity contribution >= 4 is 12.1 Å². The maximum absolute atomic E-state index is 12.0. The number of para-hydroxylation sites is 1. The standard InChI is InChI=1S/C18H20N2O3/c1-3-22-16-11-9-14(10-12-16)18(21)20-19-13-15-7-5-6-8-17(15)23-4-2/h5-13H,3-4H2,1-2H3,(H,20,21)/b19-13+. The van der Waals surface area contributed by atoms with Crippen molar-refractivity contribution in [1.82, 2.24) is 5.43 Å². The van der Waals surface area contributed by atoms with Crippen LogP contribution in [-0.2, 0) is 0 Å². The van der Waals surface area contributed by atoms with Crippen LogP contribution in [0.15, 0.2) is 53.6 Å². The number of benzene rings is 2. The molecule has 5 heteroatoms. The van der Waals surface area contributed by atoms with E-state index < -0.39 is 0 Å². The fourth-order valence-electron chi connectivity index (χ4n) is 1.97. The van der Waals surface area contributed by atoms with E-state index in [1.54, 1.807) is 30.5 Å². The number of nitrogens with one attached hydrogen (secondary N) is 1. The highest BCUT2D eigenvalue weighted by Crippen LogP contribution is 2.15. The quantitative estimate of drug-likeness (QED) is 0.630. The Labute approximate surface area is 135 Å². The van der Waals surface area contributed by atoms with Crippen LogP contribution in [0.5, 0.6) is 11.5 Å². The first kappa shape index (κ1) is 16.5. The Morgan fingerprint density at radius 3 is 2.43 bits per heavy atom. The van der Waals surface area contributed by atoms with E-state index in [2.05, 4.69) is 10.5 Å². The van der Waals surface area contributed by atoms with Gasteiger partial charge < -0.3 is 9.47 Å². The van der Waals surface area contributed by atoms with Gasteiger partial charge in [0.15, 0.2) is 0 Å². The molecule has 0 aliphatic rings. The predicted molar refractivity (Wildman–Crippen MR) is 90.3 cm³/mol. The third kappa shape index (κ3) is 4.85. The van der Waals surface area contributed by atoms with Gasteiger partial charge in [0.25, 0.3) is 5.91 Å². The maximum atomic E-state index is 12.0. The number of nitrogens with zero attached hydrogens (tertiary/aromatic N) is 1. The molecule has 23 heavy (non-hydrogen) atoms. The van der Waals surface area contributed by atoms with Gasteiger partial charge in [-0.15, -0.1) is 0 Å². The molecular formula is C18H20N2O3. The lowest BCUT2D eigenvalue weighted by molar-refractivity contribution is 0.0955. The van der Waals surface area contributed by atoms with Crippen molar-refractivity contribution in [3.8, 4) is 11.5 Å². The summed E-state index contributed by atoms with van der Waals surface area (Å²) in [5.41, 5.74) is 3.83. The summed E-state index contributed by atoms with van der Waals surface area (Å²) in [7, 11) is 0. The highest BCUT2D eigenvalue weighted by atomic mass is 16.5. The van der Waals surface area contributed by atoms with Crippen molar-refractivity contribution < 1.29 is 14.3 Å². The zero-order valence-corrected chi connectivity index (χ0v) is 13.3. The van der Waals surface area contributed by atoms with E-state index in [-0.39, 0.29) is 5.91 Å². The SMILES string of the molecule is CCOc1ccc(C(=O)N/N=C/c2ccccc2OCC)cc1. The molecule has 0 aliphatic carbocycles. The Hall–Kier alpha value is -2.82. The highest BCUT2D eigenvalue weighted by molar-refractivity contribution is 5.95. The molecule has 0 fully saturated rings. The zero-order chi connectivity index (χ0) is 16.5. The van der Waals surface area contributed by atoms with Crippen LogP contribution in [0.3, 0.4) is 0 Å². The summed E-state index contributed by atoms with van der Waals surface area (Å²) in [6.45, 7) is 5.00. The lowest BCUT2D eigenvalue weighted by Crippen LogP contribution is -2.17. The second-order valence-electron chi connectivity index (χ2n) is 4.63. The smallest absolute Gasteiger partial charge is 0.271 e. The Bertz CT molecular complexity index is 666. The second kappa shape index (κ2) is 8.58. The molecule has 0 aliphatic heterocycles. The summed E-state index contributed by atoms with van der Waals surface area (Å²) in [6, 6.07) is 14.4. The van der Waals surface area contributed by atoms with Crippen LogP contribution in [0, 0.1) is 0 Å². The molecule has 0 bridgehead atoms. The second-order valence-corrected chi connectivity index (χ2v) is 4.63. The lowest BCUT2D eigenvalue weighted by atomic mass is 10.2. The average molecular weight is 312 g/mol. The Kier molecular flexibility index (Phi) is 6.17. The number of amides is 1. The van der Waals surface area contributed by atoms with Crippen molar-refractivity contribution in [2.24, 2.45) is 5.10 Å². The molecule has 1 amide bonds. The summed E-state index contributed by atoms with van der Waals surface area (Å²) in [5, 5.41) is 3.98. The molecule has 5 nitrogen and oxygen atoms in total. The monoisotopic (exact) mass is 312 g/mol. The summed E-state index contributed by atoms with van der Waals surface area (Å²) in [6.07, 6.45) is 1.57. The highest BCUT2D eigenvalue weighted by Gasteiger charge is 2.04. The first-order valence-electron chi connectivity index (χ1n) is 7.52. The van der Waals surface area contributed by atoms with Gasteiger partial charge in [-0.3, -0.25) is 4.79 Å². The topological polar surface area (TPSA) is 59.9 Å². The molecule has 2 rings (SSSR count). The summed E-state index contributed by atoms with van der Waals surface area (Å²) in [4.78, 5) is 12.0. The van der Waals surface area contributed by atoms with Gasteiger partial charge in [0.05, 0.1) is 19.4 Å². The van der Waals surface area contributed by atoms with Crippen LogP contribution in [0.4, 0.5) is 0 Å². The summed E-state index contributed by atoms with van der Waals surface area (Å²) < 4.78 is 10.8. The largest absolute Gasteiger partial charge is 0.494 e. The van der Waals surface area contributed by atoms with Gasteiger partial charge in [0, 0.05) is 11.1 Å². The van der Waals surface area contributed by atoms with Crippen molar-refractivity contribution in [2.45, 2.75) is 13.8 Å². The van der Waals surface area contributed by atoms with Crippen LogP contribution >= 0.6 is 0 Å². The number of ether oxygens (including phenoxy) is 2. The van der Waals surface area contributed by atoms with Gasteiger partial charge >= 0.3 is 0 Å². The van der Waals surface area contributed by atoms with Gasteiger partial charge in [0.1, 0.15) is 11.5 Å². The van der Waals surface area contributed by atoms with E-state index in [4.69, 9.17) is 9.47 Å². The van der Waals surface area contributed by atoms with E-state index in [1.165, 1.54) is 0 Å². The van der Waals surface area contributed by atoms with Gasteiger partial charge in [-0.05, 0) is 50.2 Å². The molecule has 0 aromatic heterocycles. The van der Waals surface area contributed by atoms with Gasteiger partial charge in [-0.25, -0.2) is 5.43 Å². The molecule has 1 N–H and O–H groups in total. The molecular weight excluding hydrogens is 292 g/mol. The van der Waals surface area contributed by atoms with Crippen LogP contribution < -0.4 is 14.9 Å². The number of carbonyl (C=O) groups excluding carboxylic acids is 1. The molecule has 120 valence electrons. The lowest BCUT2D eigenvalue weighted by Gasteiger charge is -2.06. The third-order valence-electron chi connectivity index (χ3n) is 3.02. The van der Waals surface area contributed by atoms with Gasteiger partial charge in [0.2, 0.25) is 0 Å². The van der Waals surface area contributed by atoms with Crippen molar-refractivity contribution in [2.75, 3.05) is 13.2 Å². The molecule has 0 saturated heterocycles. The first-order valence-corrected chi connectivity index (χ1v) is 7.52. The van der Waals surface area contributed by atoms with Crippen molar-refractivity contribution in [3.05, 3.63) is 59.7 Å². The van der Waals surface area contributed by atoms with E-state index in [0.717, 1.165) is 17.1 Å². The molecule has 0 atom stereocenters. The molecule has 0 unspecified atom stereocenters. The fourth-order valence-corrected chi connectivity index (χ4v) is 1.97. The fraction of sp³-hybridized carbons (Fsp3) is 0.222. The summed E-state index contributed by atoms with van der Waals surface area (Å²) >= 11 is 0. The maximum Gasteiger partial charge on any atom is 0.271 e. The third-order valence-corrected chi connectivity index (χ3v) is 3.02. The summed E-state index contributed by atoms with van der Waals surface area (Å²) in [5.74, 6) is 1.19. The van der Waals surface area contributed by atoms with Crippen LogP contribution in [0.25, 0.3) is 0 Å². The van der Waals surface area contributed by atoms with Gasteiger partial charge in [-0.1, -0.05) is 12.1 Å². The molecule has 2 aromatic rings. The van der Waals surface area contributed by atoms with E-state index in [9.17, 15) is 4.79 Å². The number of carbonyl (C=O) groups is 1. The number of rotatable bonds is 7. The van der Waals surface area contributed by atoms with Crippen LogP contribution in [0.1, 0.15) is 29.8 Å². The van der Waals surface area contributed by atoms with E-state index in [0.29, 0.717) is 18.8 Å². The number of hydrogen-bond donors (Lipinski definition) is 1. The minimum atomic E-state index is -0.279. The molecule has 0 heterocycles. The van der Waals surface area contributed by atoms with Crippen molar-refractivity contribution in [1.29, 1.82) is 0 Å². The molecule has 0 saturated carbocycles. The van der Waals surface area contributed by atoms with E-state index >= 15 is 0 Å². The predicted octanol–water partition coefficient (Wildman–Crippen LogP) is 3.25. The first-order chi connectivity index (χ1) is 11.2. The number of hydrogen-bond acceptors (Lipinski definition) is 4. The molecule has 0 spiro atoms. The van der Waals surface area contributed by atoms with Crippen LogP contribution in [0.2, 0.25) is 0 Å². The zero-order valence-electron chi connectivity index (χ0n) is 13.3. The minimum Gasteiger partial charge on any atom is -0.494 e. The Morgan fingerprint density at radius 2 is 1.74 bits per heavy atom. The Morgan fingerprint density at radius 1 is 1.04 bits per heavy atom. The molecule has 2 aromatic carbocycles. The van der Waals surface area contributed by atoms with Crippen molar-refractivity contribution in [3.63, 3.8) is 0 Å². The number of hydrazone groups is 1. The average Bonchev–Trinajstić information content (AvgIpc) is 2.57. The van der Waals surface area contributed by atoms with Crippen LogP contribution in [-0.4, -0.2) is 25.3 Å². The van der Waals surface area contributed by atoms with E-state index in [1.807, 2.05) is 38.1 Å². The minimum absolute atomic E-state index is 0.279. The Balaban J connectivity index is 1.98. The molecule has 0 radical (unpaired) electrons. The van der Waals surface area contributed by atoms with Gasteiger partial charge in [-0.2, -0.15) is 5.10 Å². The normalized spacial score (nSPS) is 10.5.